The fourth-order valence-electron chi connectivity index (χ4n) is 1.96. The monoisotopic (exact) mass is 154 g/mol. The van der Waals surface area contributed by atoms with Crippen LogP contribution in [0.5, 0.6) is 0 Å². The van der Waals surface area contributed by atoms with E-state index in [0.29, 0.717) is 0 Å². The number of hydrogen-bond donors (Lipinski definition) is 1. The van der Waals surface area contributed by atoms with Crippen LogP contribution in [0.3, 0.4) is 0 Å². The van der Waals surface area contributed by atoms with Crippen molar-refractivity contribution < 1.29 is 9.84 Å². The molecule has 1 fully saturated rings. The van der Waals surface area contributed by atoms with Crippen molar-refractivity contribution >= 4 is 0 Å². The van der Waals surface area contributed by atoms with Crippen LogP contribution < -0.4 is 0 Å². The number of ether oxygens (including phenoxy) is 1. The van der Waals surface area contributed by atoms with Gasteiger partial charge in [-0.15, -0.1) is 0 Å². The first-order chi connectivity index (χ1) is 5.20. The number of aliphatic hydroxyl groups excluding tert-OH is 1. The molecule has 2 heterocycles. The minimum Gasteiger partial charge on any atom is -0.392 e. The Kier molecular flexibility index (Phi) is 1.55. The third kappa shape index (κ3) is 0.932. The lowest BCUT2D eigenvalue weighted by atomic mass is 9.86. The summed E-state index contributed by atoms with van der Waals surface area (Å²) >= 11 is 0. The van der Waals surface area contributed by atoms with E-state index >= 15 is 0 Å². The minimum absolute atomic E-state index is 0.159. The standard InChI is InChI=1S/C9H14O2/c1-5-7-3-4-8(11-7)6(2)9(5)10/h3-10H,1-2H3/t5-,6+,7+,8?,9?/m1/s1. The number of hydrogen-bond acceptors (Lipinski definition) is 2. The van der Waals surface area contributed by atoms with Crippen molar-refractivity contribution in [1.82, 2.24) is 0 Å². The fraction of sp³-hybridized carbons (Fsp3) is 0.778. The molecule has 2 nitrogen and oxygen atoms in total. The molecule has 0 aromatic rings. The Morgan fingerprint density at radius 1 is 1.09 bits per heavy atom. The van der Waals surface area contributed by atoms with Gasteiger partial charge in [-0.1, -0.05) is 26.0 Å². The molecular formula is C9H14O2. The van der Waals surface area contributed by atoms with E-state index in [1.54, 1.807) is 0 Å². The van der Waals surface area contributed by atoms with Crippen LogP contribution >= 0.6 is 0 Å². The van der Waals surface area contributed by atoms with E-state index in [-0.39, 0.29) is 30.1 Å². The number of rotatable bonds is 0. The molecule has 11 heavy (non-hydrogen) atoms. The highest BCUT2D eigenvalue weighted by Gasteiger charge is 2.41. The SMILES string of the molecule is C[C@H]1C2C=C[C@H](O2)[C@@H](C)C1O. The summed E-state index contributed by atoms with van der Waals surface area (Å²) in [6.45, 7) is 4.08. The molecule has 0 saturated carbocycles. The van der Waals surface area contributed by atoms with Crippen molar-refractivity contribution in [1.29, 1.82) is 0 Å². The predicted octanol–water partition coefficient (Wildman–Crippen LogP) is 0.957. The average Bonchev–Trinajstić information content (AvgIpc) is 2.44. The van der Waals surface area contributed by atoms with Crippen LogP contribution in [-0.2, 0) is 4.74 Å². The van der Waals surface area contributed by atoms with Crippen molar-refractivity contribution in [3.63, 3.8) is 0 Å². The van der Waals surface area contributed by atoms with Crippen LogP contribution in [0.1, 0.15) is 13.8 Å². The van der Waals surface area contributed by atoms with Gasteiger partial charge < -0.3 is 9.84 Å². The van der Waals surface area contributed by atoms with Gasteiger partial charge in [-0.25, -0.2) is 0 Å². The summed E-state index contributed by atoms with van der Waals surface area (Å²) in [4.78, 5) is 0. The second kappa shape index (κ2) is 2.32. The normalized spacial score (nSPS) is 55.0. The molecule has 62 valence electrons. The zero-order valence-electron chi connectivity index (χ0n) is 6.90. The molecule has 5 atom stereocenters. The lowest BCUT2D eigenvalue weighted by Crippen LogP contribution is -2.44. The van der Waals surface area contributed by atoms with Crippen LogP contribution in [0.25, 0.3) is 0 Å². The van der Waals surface area contributed by atoms with E-state index in [0.717, 1.165) is 0 Å². The van der Waals surface area contributed by atoms with E-state index in [4.69, 9.17) is 4.74 Å². The number of fused-ring (bicyclic) bond motifs is 2. The Bertz CT molecular complexity index is 170. The Morgan fingerprint density at radius 2 is 1.55 bits per heavy atom. The van der Waals surface area contributed by atoms with E-state index in [9.17, 15) is 5.11 Å². The van der Waals surface area contributed by atoms with Gasteiger partial charge in [0.1, 0.15) is 0 Å². The van der Waals surface area contributed by atoms with Crippen molar-refractivity contribution in [3.05, 3.63) is 12.2 Å². The maximum atomic E-state index is 9.71. The van der Waals surface area contributed by atoms with E-state index in [2.05, 4.69) is 12.2 Å². The molecule has 0 spiro atoms. The number of aliphatic hydroxyl groups is 1. The molecule has 2 aliphatic heterocycles. The van der Waals surface area contributed by atoms with Gasteiger partial charge >= 0.3 is 0 Å². The summed E-state index contributed by atoms with van der Waals surface area (Å²) in [5.41, 5.74) is 0. The molecule has 2 aliphatic rings. The van der Waals surface area contributed by atoms with Gasteiger partial charge in [0.2, 0.25) is 0 Å². The topological polar surface area (TPSA) is 29.5 Å². The largest absolute Gasteiger partial charge is 0.392 e. The molecule has 2 unspecified atom stereocenters. The first kappa shape index (κ1) is 7.32. The molecule has 1 N–H and O–H groups in total. The third-order valence-electron chi connectivity index (χ3n) is 2.92. The smallest absolute Gasteiger partial charge is 0.0815 e. The highest BCUT2D eigenvalue weighted by Crippen LogP contribution is 2.35. The lowest BCUT2D eigenvalue weighted by Gasteiger charge is -2.36. The molecule has 1 saturated heterocycles. The maximum absolute atomic E-state index is 9.71. The highest BCUT2D eigenvalue weighted by molar-refractivity contribution is 5.11. The molecule has 2 heteroatoms. The van der Waals surface area contributed by atoms with Crippen LogP contribution in [0.15, 0.2) is 12.2 Å². The Morgan fingerprint density at radius 3 is 2.00 bits per heavy atom. The molecule has 2 bridgehead atoms. The van der Waals surface area contributed by atoms with Crippen LogP contribution in [0, 0.1) is 11.8 Å². The summed E-state index contributed by atoms with van der Waals surface area (Å²) in [5, 5.41) is 9.71. The van der Waals surface area contributed by atoms with E-state index in [1.807, 2.05) is 13.8 Å². The zero-order valence-corrected chi connectivity index (χ0v) is 6.90. The first-order valence-corrected chi connectivity index (χ1v) is 4.22. The highest BCUT2D eigenvalue weighted by atomic mass is 16.5. The summed E-state index contributed by atoms with van der Waals surface area (Å²) in [5.74, 6) is 0.500. The van der Waals surface area contributed by atoms with Gasteiger partial charge in [0.15, 0.2) is 0 Å². The Balaban J connectivity index is 2.22. The molecule has 0 aromatic carbocycles. The molecular weight excluding hydrogens is 140 g/mol. The molecule has 2 rings (SSSR count). The summed E-state index contributed by atoms with van der Waals surface area (Å²) in [6.07, 6.45) is 4.26. The van der Waals surface area contributed by atoms with Gasteiger partial charge in [-0.05, 0) is 0 Å². The van der Waals surface area contributed by atoms with Crippen molar-refractivity contribution in [2.45, 2.75) is 32.2 Å². The molecule has 0 amide bonds. The molecule has 0 aliphatic carbocycles. The third-order valence-corrected chi connectivity index (χ3v) is 2.92. The van der Waals surface area contributed by atoms with Crippen molar-refractivity contribution in [2.75, 3.05) is 0 Å². The maximum Gasteiger partial charge on any atom is 0.0815 e. The second-order valence-corrected chi connectivity index (χ2v) is 3.66. The predicted molar refractivity (Wildman–Crippen MR) is 42.1 cm³/mol. The van der Waals surface area contributed by atoms with Gasteiger partial charge in [0.05, 0.1) is 18.3 Å². The van der Waals surface area contributed by atoms with Crippen LogP contribution in [-0.4, -0.2) is 23.4 Å². The Hall–Kier alpha value is -0.340. The van der Waals surface area contributed by atoms with Gasteiger partial charge in [0.25, 0.3) is 0 Å². The Labute approximate surface area is 66.9 Å². The quantitative estimate of drug-likeness (QED) is 0.526. The van der Waals surface area contributed by atoms with Crippen LogP contribution in [0.4, 0.5) is 0 Å². The van der Waals surface area contributed by atoms with Crippen LogP contribution in [0.2, 0.25) is 0 Å². The van der Waals surface area contributed by atoms with Crippen molar-refractivity contribution in [3.8, 4) is 0 Å². The zero-order chi connectivity index (χ0) is 8.01. The van der Waals surface area contributed by atoms with Gasteiger partial charge in [-0.3, -0.25) is 0 Å². The molecule has 0 aromatic heterocycles. The average molecular weight is 154 g/mol. The van der Waals surface area contributed by atoms with E-state index in [1.165, 1.54) is 0 Å². The lowest BCUT2D eigenvalue weighted by molar-refractivity contribution is -0.116. The minimum atomic E-state index is -0.200. The van der Waals surface area contributed by atoms with Gasteiger partial charge in [0, 0.05) is 11.8 Å². The summed E-state index contributed by atoms with van der Waals surface area (Å²) in [6, 6.07) is 0. The fourth-order valence-corrected chi connectivity index (χ4v) is 1.96. The summed E-state index contributed by atoms with van der Waals surface area (Å²) in [7, 11) is 0. The summed E-state index contributed by atoms with van der Waals surface area (Å²) < 4.78 is 5.62. The second-order valence-electron chi connectivity index (χ2n) is 3.66. The van der Waals surface area contributed by atoms with Gasteiger partial charge in [-0.2, -0.15) is 0 Å². The van der Waals surface area contributed by atoms with Crippen molar-refractivity contribution in [2.24, 2.45) is 11.8 Å². The van der Waals surface area contributed by atoms with E-state index < -0.39 is 0 Å². The first-order valence-electron chi connectivity index (χ1n) is 4.22. The molecule has 0 radical (unpaired) electrons.